The van der Waals surface area contributed by atoms with E-state index in [2.05, 4.69) is 0 Å². The van der Waals surface area contributed by atoms with Gasteiger partial charge in [-0.1, -0.05) is 0 Å². The van der Waals surface area contributed by atoms with Crippen LogP contribution in [0.5, 0.6) is 23.0 Å². The molecule has 0 aromatic heterocycles. The van der Waals surface area contributed by atoms with Gasteiger partial charge in [-0.05, 0) is 12.1 Å². The first-order valence-corrected chi connectivity index (χ1v) is 5.68. The van der Waals surface area contributed by atoms with E-state index in [0.717, 1.165) is 0 Å². The molecule has 5 nitrogen and oxygen atoms in total. The summed E-state index contributed by atoms with van der Waals surface area (Å²) in [6.07, 6.45) is 0. The molecule has 0 fully saturated rings. The Kier molecular flexibility index (Phi) is 3.66. The lowest BCUT2D eigenvalue weighted by Gasteiger charge is -2.11. The van der Waals surface area contributed by atoms with Crippen LogP contribution in [0, 0.1) is 0 Å². The molecule has 0 aliphatic rings. The Balaban J connectivity index is 2.29. The van der Waals surface area contributed by atoms with Crippen LogP contribution in [-0.2, 0) is 0 Å². The maximum absolute atomic E-state index is 5.73. The quantitative estimate of drug-likeness (QED) is 0.826. The van der Waals surface area contributed by atoms with Crippen molar-refractivity contribution in [2.75, 3.05) is 25.7 Å². The molecule has 0 heterocycles. The van der Waals surface area contributed by atoms with Crippen molar-refractivity contribution in [2.45, 2.75) is 0 Å². The minimum atomic E-state index is 0.479. The summed E-state index contributed by atoms with van der Waals surface area (Å²) < 4.78 is 16.1. The van der Waals surface area contributed by atoms with Gasteiger partial charge in [-0.25, -0.2) is 0 Å². The van der Waals surface area contributed by atoms with Crippen molar-refractivity contribution in [1.29, 1.82) is 0 Å². The van der Waals surface area contributed by atoms with Crippen LogP contribution < -0.4 is 25.7 Å². The fraction of sp³-hybridized carbons (Fsp3) is 0.143. The van der Waals surface area contributed by atoms with E-state index >= 15 is 0 Å². The first-order valence-electron chi connectivity index (χ1n) is 5.68. The van der Waals surface area contributed by atoms with Crippen molar-refractivity contribution >= 4 is 11.4 Å². The molecule has 2 rings (SSSR count). The number of benzene rings is 2. The average Bonchev–Trinajstić information content (AvgIpc) is 2.42. The molecule has 19 heavy (non-hydrogen) atoms. The lowest BCUT2D eigenvalue weighted by atomic mass is 10.2. The number of hydrogen-bond donors (Lipinski definition) is 2. The molecule has 0 radical (unpaired) electrons. The molecular formula is C14H16N2O3. The highest BCUT2D eigenvalue weighted by Crippen LogP contribution is 2.32. The average molecular weight is 260 g/mol. The van der Waals surface area contributed by atoms with Crippen molar-refractivity contribution in [2.24, 2.45) is 0 Å². The predicted molar refractivity (Wildman–Crippen MR) is 74.9 cm³/mol. The fourth-order valence-electron chi connectivity index (χ4n) is 1.59. The van der Waals surface area contributed by atoms with E-state index in [-0.39, 0.29) is 0 Å². The molecule has 0 aliphatic heterocycles. The normalized spacial score (nSPS) is 10.0. The van der Waals surface area contributed by atoms with Gasteiger partial charge in [0.15, 0.2) is 0 Å². The highest BCUT2D eigenvalue weighted by atomic mass is 16.5. The van der Waals surface area contributed by atoms with Crippen molar-refractivity contribution in [3.8, 4) is 23.0 Å². The van der Waals surface area contributed by atoms with Crippen molar-refractivity contribution < 1.29 is 14.2 Å². The lowest BCUT2D eigenvalue weighted by molar-refractivity contribution is 0.386. The molecule has 0 saturated carbocycles. The second-order valence-electron chi connectivity index (χ2n) is 3.94. The highest BCUT2D eigenvalue weighted by molar-refractivity contribution is 5.65. The molecule has 5 heteroatoms. The number of nitrogen functional groups attached to an aromatic ring is 2. The Labute approximate surface area is 111 Å². The maximum atomic E-state index is 5.73. The topological polar surface area (TPSA) is 79.7 Å². The van der Waals surface area contributed by atoms with Gasteiger partial charge in [0.05, 0.1) is 25.6 Å². The molecule has 0 amide bonds. The third-order valence-electron chi connectivity index (χ3n) is 2.62. The van der Waals surface area contributed by atoms with Crippen LogP contribution in [0.1, 0.15) is 0 Å². The number of rotatable bonds is 4. The summed E-state index contributed by atoms with van der Waals surface area (Å²) in [5.41, 5.74) is 12.4. The van der Waals surface area contributed by atoms with Crippen LogP contribution in [0.2, 0.25) is 0 Å². The van der Waals surface area contributed by atoms with Crippen LogP contribution in [0.25, 0.3) is 0 Å². The van der Waals surface area contributed by atoms with Gasteiger partial charge >= 0.3 is 0 Å². The smallest absolute Gasteiger partial charge is 0.134 e. The van der Waals surface area contributed by atoms with Gasteiger partial charge in [0.25, 0.3) is 0 Å². The molecule has 0 unspecified atom stereocenters. The Hall–Kier alpha value is -2.56. The molecule has 0 atom stereocenters. The standard InChI is InChI=1S/C14H16N2O3/c1-17-10-5-11(18-2)7-12(6-10)19-9-3-4-13(15)14(16)8-9/h3-8H,15-16H2,1-2H3. The number of ether oxygens (including phenoxy) is 3. The minimum Gasteiger partial charge on any atom is -0.496 e. The SMILES string of the molecule is COc1cc(OC)cc(Oc2ccc(N)c(N)c2)c1. The second-order valence-corrected chi connectivity index (χ2v) is 3.94. The van der Waals surface area contributed by atoms with Crippen molar-refractivity contribution in [1.82, 2.24) is 0 Å². The molecule has 0 saturated heterocycles. The van der Waals surface area contributed by atoms with E-state index in [1.54, 1.807) is 50.6 Å². The third-order valence-corrected chi connectivity index (χ3v) is 2.62. The van der Waals surface area contributed by atoms with Gasteiger partial charge in [0.1, 0.15) is 23.0 Å². The molecule has 0 spiro atoms. The predicted octanol–water partition coefficient (Wildman–Crippen LogP) is 2.66. The number of methoxy groups -OCH3 is 2. The summed E-state index contributed by atoms with van der Waals surface area (Å²) >= 11 is 0. The van der Waals surface area contributed by atoms with Crippen LogP contribution in [0.3, 0.4) is 0 Å². The van der Waals surface area contributed by atoms with Crippen LogP contribution >= 0.6 is 0 Å². The Morgan fingerprint density at radius 3 is 1.79 bits per heavy atom. The fourth-order valence-corrected chi connectivity index (χ4v) is 1.59. The van der Waals surface area contributed by atoms with E-state index < -0.39 is 0 Å². The zero-order valence-corrected chi connectivity index (χ0v) is 10.8. The zero-order valence-electron chi connectivity index (χ0n) is 10.8. The zero-order chi connectivity index (χ0) is 13.8. The van der Waals surface area contributed by atoms with Gasteiger partial charge in [-0.15, -0.1) is 0 Å². The van der Waals surface area contributed by atoms with E-state index in [0.29, 0.717) is 34.4 Å². The third kappa shape index (κ3) is 3.01. The molecule has 100 valence electrons. The van der Waals surface area contributed by atoms with E-state index in [9.17, 15) is 0 Å². The summed E-state index contributed by atoms with van der Waals surface area (Å²) in [5, 5.41) is 0. The van der Waals surface area contributed by atoms with Gasteiger partial charge in [0.2, 0.25) is 0 Å². The van der Waals surface area contributed by atoms with Crippen LogP contribution in [0.15, 0.2) is 36.4 Å². The van der Waals surface area contributed by atoms with Gasteiger partial charge in [-0.3, -0.25) is 0 Å². The molecule has 0 bridgehead atoms. The lowest BCUT2D eigenvalue weighted by Crippen LogP contribution is -1.95. The molecule has 2 aromatic rings. The largest absolute Gasteiger partial charge is 0.496 e. The van der Waals surface area contributed by atoms with E-state index in [1.165, 1.54) is 0 Å². The van der Waals surface area contributed by atoms with Gasteiger partial charge < -0.3 is 25.7 Å². The van der Waals surface area contributed by atoms with Crippen molar-refractivity contribution in [3.63, 3.8) is 0 Å². The van der Waals surface area contributed by atoms with E-state index in [1.807, 2.05) is 0 Å². The maximum Gasteiger partial charge on any atom is 0.134 e. The monoisotopic (exact) mass is 260 g/mol. The first kappa shape index (κ1) is 12.9. The molecule has 0 aliphatic carbocycles. The molecule has 4 N–H and O–H groups in total. The molecular weight excluding hydrogens is 244 g/mol. The Morgan fingerprint density at radius 1 is 0.684 bits per heavy atom. The van der Waals surface area contributed by atoms with Crippen LogP contribution in [-0.4, -0.2) is 14.2 Å². The summed E-state index contributed by atoms with van der Waals surface area (Å²) in [6.45, 7) is 0. The number of nitrogens with two attached hydrogens (primary N) is 2. The Morgan fingerprint density at radius 2 is 1.26 bits per heavy atom. The highest BCUT2D eigenvalue weighted by Gasteiger charge is 2.05. The van der Waals surface area contributed by atoms with Gasteiger partial charge in [-0.2, -0.15) is 0 Å². The van der Waals surface area contributed by atoms with Gasteiger partial charge in [0, 0.05) is 24.3 Å². The number of anilines is 2. The molecule has 2 aromatic carbocycles. The summed E-state index contributed by atoms with van der Waals surface area (Å²) in [6, 6.07) is 10.4. The summed E-state index contributed by atoms with van der Waals surface area (Å²) in [5.74, 6) is 2.50. The second kappa shape index (κ2) is 5.39. The minimum absolute atomic E-state index is 0.479. The number of hydrogen-bond acceptors (Lipinski definition) is 5. The Bertz CT molecular complexity index is 563. The summed E-state index contributed by atoms with van der Waals surface area (Å²) in [4.78, 5) is 0. The summed E-state index contributed by atoms with van der Waals surface area (Å²) in [7, 11) is 3.17. The van der Waals surface area contributed by atoms with E-state index in [4.69, 9.17) is 25.7 Å². The van der Waals surface area contributed by atoms with Crippen LogP contribution in [0.4, 0.5) is 11.4 Å². The first-order chi connectivity index (χ1) is 9.12. The van der Waals surface area contributed by atoms with Crippen molar-refractivity contribution in [3.05, 3.63) is 36.4 Å².